The Morgan fingerprint density at radius 3 is 2.42 bits per heavy atom. The molecular weight excluding hydrogens is 359 g/mol. The summed E-state index contributed by atoms with van der Waals surface area (Å²) in [5.41, 5.74) is 2.71. The maximum atomic E-state index is 12.1. The van der Waals surface area contributed by atoms with E-state index in [1.165, 1.54) is 12.1 Å². The maximum Gasteiger partial charge on any atom is 0.345 e. The number of nitrogens with zero attached hydrogens (tertiary/aromatic N) is 2. The van der Waals surface area contributed by atoms with Gasteiger partial charge in [-0.15, -0.1) is 0 Å². The molecule has 0 saturated carbocycles. The number of nitrogens with one attached hydrogen (secondary N) is 2. The number of halogens is 2. The van der Waals surface area contributed by atoms with E-state index in [0.717, 1.165) is 0 Å². The first-order valence-corrected chi connectivity index (χ1v) is 7.38. The smallest absolute Gasteiger partial charge is 0.345 e. The van der Waals surface area contributed by atoms with Gasteiger partial charge in [-0.05, 0) is 12.1 Å². The number of hydrogen-bond acceptors (Lipinski definition) is 6. The van der Waals surface area contributed by atoms with Gasteiger partial charge in [-0.1, -0.05) is 34.4 Å². The molecule has 1 aromatic heterocycles. The lowest BCUT2D eigenvalue weighted by Gasteiger charge is -2.11. The average Bonchev–Trinajstić information content (AvgIpc) is 2.88. The van der Waals surface area contributed by atoms with Gasteiger partial charge in [0.2, 0.25) is 5.88 Å². The number of methoxy groups -OCH3 is 1. The number of carbonyl (C=O) groups excluding carboxylic acids is 2. The molecule has 0 saturated heterocycles. The van der Waals surface area contributed by atoms with Crippen LogP contribution in [0.2, 0.25) is 10.0 Å². The quantitative estimate of drug-likeness (QED) is 0.632. The van der Waals surface area contributed by atoms with Crippen LogP contribution < -0.4 is 10.7 Å². The van der Waals surface area contributed by atoms with Crippen LogP contribution in [0.3, 0.4) is 0 Å². The SMILES string of the molecule is COC(=O)c1c(-c2c(Cl)cccc2Cl)noc1NC(=O)NN(C)C. The van der Waals surface area contributed by atoms with Crippen LogP contribution in [0, 0.1) is 0 Å². The second-order valence-corrected chi connectivity index (χ2v) is 5.60. The van der Waals surface area contributed by atoms with E-state index in [1.54, 1.807) is 32.3 Å². The Kier molecular flexibility index (Phi) is 5.66. The van der Waals surface area contributed by atoms with Gasteiger partial charge in [-0.3, -0.25) is 10.7 Å². The van der Waals surface area contributed by atoms with Gasteiger partial charge in [-0.25, -0.2) is 14.6 Å². The molecule has 2 rings (SSSR count). The summed E-state index contributed by atoms with van der Waals surface area (Å²) in [4.78, 5) is 23.9. The molecule has 8 nitrogen and oxygen atoms in total. The zero-order chi connectivity index (χ0) is 17.9. The Balaban J connectivity index is 2.51. The summed E-state index contributed by atoms with van der Waals surface area (Å²) in [6.45, 7) is 0. The summed E-state index contributed by atoms with van der Waals surface area (Å²) in [6.07, 6.45) is 0. The number of aromatic nitrogens is 1. The highest BCUT2D eigenvalue weighted by molar-refractivity contribution is 6.39. The largest absolute Gasteiger partial charge is 0.465 e. The average molecular weight is 373 g/mol. The summed E-state index contributed by atoms with van der Waals surface area (Å²) in [7, 11) is 4.43. The van der Waals surface area contributed by atoms with E-state index in [1.807, 2.05) is 0 Å². The zero-order valence-corrected chi connectivity index (χ0v) is 14.5. The molecule has 2 aromatic rings. The molecule has 0 spiro atoms. The van der Waals surface area contributed by atoms with Crippen LogP contribution >= 0.6 is 23.2 Å². The van der Waals surface area contributed by atoms with E-state index in [-0.39, 0.29) is 27.2 Å². The molecule has 0 radical (unpaired) electrons. The summed E-state index contributed by atoms with van der Waals surface area (Å²) in [5.74, 6) is -0.949. The molecule has 0 unspecified atom stereocenters. The molecule has 24 heavy (non-hydrogen) atoms. The third-order valence-electron chi connectivity index (χ3n) is 2.83. The number of anilines is 1. The predicted octanol–water partition coefficient (Wildman–Crippen LogP) is 3.03. The van der Waals surface area contributed by atoms with Crippen LogP contribution in [-0.2, 0) is 4.74 Å². The molecule has 0 aliphatic heterocycles. The van der Waals surface area contributed by atoms with Crippen molar-refractivity contribution in [1.82, 2.24) is 15.6 Å². The molecule has 0 bridgehead atoms. The maximum absolute atomic E-state index is 12.1. The number of hydrogen-bond donors (Lipinski definition) is 2. The molecular formula is C14H14Cl2N4O4. The fourth-order valence-electron chi connectivity index (χ4n) is 1.90. The van der Waals surface area contributed by atoms with Crippen molar-refractivity contribution < 1.29 is 18.8 Å². The Labute approximate surface area is 147 Å². The van der Waals surface area contributed by atoms with Crippen molar-refractivity contribution in [3.8, 4) is 11.3 Å². The standard InChI is InChI=1S/C14H14Cl2N4O4/c1-20(2)18-14(22)17-12-10(13(21)23-3)11(19-24-12)9-7(15)5-4-6-8(9)16/h4-6H,1-3H3,(H2,17,18,22). The van der Waals surface area contributed by atoms with E-state index in [4.69, 9.17) is 32.5 Å². The molecule has 0 fully saturated rings. The number of rotatable bonds is 4. The number of hydrazine groups is 1. The van der Waals surface area contributed by atoms with E-state index in [2.05, 4.69) is 15.9 Å². The fraction of sp³-hybridized carbons (Fsp3) is 0.214. The van der Waals surface area contributed by atoms with Crippen LogP contribution in [-0.4, -0.2) is 43.4 Å². The predicted molar refractivity (Wildman–Crippen MR) is 89.1 cm³/mol. The number of carbonyl (C=O) groups is 2. The van der Waals surface area contributed by atoms with Crippen molar-refractivity contribution in [3.63, 3.8) is 0 Å². The lowest BCUT2D eigenvalue weighted by atomic mass is 10.1. The number of benzene rings is 1. The van der Waals surface area contributed by atoms with Gasteiger partial charge >= 0.3 is 12.0 Å². The van der Waals surface area contributed by atoms with Gasteiger partial charge in [0.05, 0.1) is 17.2 Å². The van der Waals surface area contributed by atoms with Gasteiger partial charge in [0.1, 0.15) is 5.69 Å². The lowest BCUT2D eigenvalue weighted by molar-refractivity contribution is 0.0602. The van der Waals surface area contributed by atoms with Crippen molar-refractivity contribution in [2.24, 2.45) is 0 Å². The summed E-state index contributed by atoms with van der Waals surface area (Å²) >= 11 is 12.3. The van der Waals surface area contributed by atoms with Gasteiger partial charge in [-0.2, -0.15) is 0 Å². The normalized spacial score (nSPS) is 10.6. The highest BCUT2D eigenvalue weighted by Crippen LogP contribution is 2.38. The third kappa shape index (κ3) is 3.78. The molecule has 128 valence electrons. The molecule has 10 heteroatoms. The van der Waals surface area contributed by atoms with Crippen molar-refractivity contribution >= 4 is 41.1 Å². The molecule has 2 amide bonds. The Morgan fingerprint density at radius 1 is 1.25 bits per heavy atom. The van der Waals surface area contributed by atoms with Crippen LogP contribution in [0.1, 0.15) is 10.4 Å². The number of ether oxygens (including phenoxy) is 1. The van der Waals surface area contributed by atoms with Crippen LogP contribution in [0.25, 0.3) is 11.3 Å². The summed E-state index contributed by atoms with van der Waals surface area (Å²) in [5, 5.41) is 8.14. The first-order chi connectivity index (χ1) is 11.3. The van der Waals surface area contributed by atoms with Crippen LogP contribution in [0.15, 0.2) is 22.7 Å². The van der Waals surface area contributed by atoms with Gasteiger partial charge < -0.3 is 9.26 Å². The highest BCUT2D eigenvalue weighted by Gasteiger charge is 2.28. The van der Waals surface area contributed by atoms with Crippen molar-refractivity contribution in [2.75, 3.05) is 26.5 Å². The number of urea groups is 1. The van der Waals surface area contributed by atoms with E-state index in [9.17, 15) is 9.59 Å². The molecule has 0 aliphatic rings. The Morgan fingerprint density at radius 2 is 1.88 bits per heavy atom. The summed E-state index contributed by atoms with van der Waals surface area (Å²) < 4.78 is 9.81. The van der Waals surface area contributed by atoms with Crippen LogP contribution in [0.4, 0.5) is 10.7 Å². The minimum Gasteiger partial charge on any atom is -0.465 e. The van der Waals surface area contributed by atoms with E-state index in [0.29, 0.717) is 5.56 Å². The van der Waals surface area contributed by atoms with E-state index < -0.39 is 12.0 Å². The molecule has 2 N–H and O–H groups in total. The lowest BCUT2D eigenvalue weighted by Crippen LogP contribution is -2.39. The second kappa shape index (κ2) is 7.52. The molecule has 1 aromatic carbocycles. The molecule has 0 aliphatic carbocycles. The molecule has 0 atom stereocenters. The minimum absolute atomic E-state index is 0.0672. The van der Waals surface area contributed by atoms with Crippen molar-refractivity contribution in [1.29, 1.82) is 0 Å². The first-order valence-electron chi connectivity index (χ1n) is 6.62. The second-order valence-electron chi connectivity index (χ2n) is 4.78. The third-order valence-corrected chi connectivity index (χ3v) is 3.46. The van der Waals surface area contributed by atoms with Gasteiger partial charge in [0.15, 0.2) is 5.56 Å². The van der Waals surface area contributed by atoms with Gasteiger partial charge in [0, 0.05) is 19.7 Å². The zero-order valence-electron chi connectivity index (χ0n) is 13.0. The fourth-order valence-corrected chi connectivity index (χ4v) is 2.47. The van der Waals surface area contributed by atoms with Gasteiger partial charge in [0.25, 0.3) is 0 Å². The highest BCUT2D eigenvalue weighted by atomic mass is 35.5. The Bertz CT molecular complexity index is 756. The van der Waals surface area contributed by atoms with E-state index >= 15 is 0 Å². The first kappa shape index (κ1) is 18.1. The summed E-state index contributed by atoms with van der Waals surface area (Å²) in [6, 6.07) is 4.20. The number of amides is 2. The Hall–Kier alpha value is -2.29. The molecule has 1 heterocycles. The van der Waals surface area contributed by atoms with Crippen molar-refractivity contribution in [2.45, 2.75) is 0 Å². The monoisotopic (exact) mass is 372 g/mol. The minimum atomic E-state index is -0.762. The van der Waals surface area contributed by atoms with Crippen molar-refractivity contribution in [3.05, 3.63) is 33.8 Å². The number of esters is 1. The van der Waals surface area contributed by atoms with Crippen LogP contribution in [0.5, 0.6) is 0 Å². The topological polar surface area (TPSA) is 96.7 Å².